The van der Waals surface area contributed by atoms with Gasteiger partial charge >= 0.3 is 0 Å². The fourth-order valence-electron chi connectivity index (χ4n) is 0.843. The van der Waals surface area contributed by atoms with Crippen LogP contribution in [0.5, 0.6) is 0 Å². The standard InChI is InChI=1S/C9H13BrN4/c1-3-6(2)5-12-9-13-7(10)4-8(11)14-9/h4H,2-3,5H2,1H3,(H3,11,12,13,14). The summed E-state index contributed by atoms with van der Waals surface area (Å²) in [6.45, 7) is 6.60. The van der Waals surface area contributed by atoms with Crippen LogP contribution in [0.4, 0.5) is 11.8 Å². The van der Waals surface area contributed by atoms with Crippen LogP contribution >= 0.6 is 15.9 Å². The van der Waals surface area contributed by atoms with Gasteiger partial charge in [0.25, 0.3) is 0 Å². The summed E-state index contributed by atoms with van der Waals surface area (Å²) in [7, 11) is 0. The number of nitrogen functional groups attached to an aromatic ring is 1. The van der Waals surface area contributed by atoms with Gasteiger partial charge in [0, 0.05) is 12.6 Å². The minimum absolute atomic E-state index is 0.441. The van der Waals surface area contributed by atoms with Gasteiger partial charge in [-0.1, -0.05) is 19.1 Å². The maximum atomic E-state index is 5.55. The summed E-state index contributed by atoms with van der Waals surface area (Å²) in [5.74, 6) is 0.961. The Balaban J connectivity index is 2.63. The Morgan fingerprint density at radius 3 is 2.93 bits per heavy atom. The fraction of sp³-hybridized carbons (Fsp3) is 0.333. The molecule has 14 heavy (non-hydrogen) atoms. The van der Waals surface area contributed by atoms with Crippen LogP contribution in [0, 0.1) is 0 Å². The second kappa shape index (κ2) is 4.95. The molecule has 0 bridgehead atoms. The van der Waals surface area contributed by atoms with Crippen molar-refractivity contribution in [3.8, 4) is 0 Å². The molecule has 0 aromatic carbocycles. The SMILES string of the molecule is C=C(CC)CNc1nc(N)cc(Br)n1. The predicted octanol–water partition coefficient (Wildman–Crippen LogP) is 2.20. The third kappa shape index (κ3) is 3.33. The summed E-state index contributed by atoms with van der Waals surface area (Å²) in [5.41, 5.74) is 6.66. The van der Waals surface area contributed by atoms with E-state index in [1.54, 1.807) is 6.07 Å². The third-order valence-electron chi connectivity index (χ3n) is 1.71. The zero-order chi connectivity index (χ0) is 10.6. The Labute approximate surface area is 91.8 Å². The summed E-state index contributed by atoms with van der Waals surface area (Å²) in [5, 5.41) is 3.05. The van der Waals surface area contributed by atoms with E-state index in [1.165, 1.54) is 0 Å². The molecule has 0 saturated heterocycles. The van der Waals surface area contributed by atoms with Crippen LogP contribution in [0.2, 0.25) is 0 Å². The van der Waals surface area contributed by atoms with Crippen LogP contribution in [-0.4, -0.2) is 16.5 Å². The van der Waals surface area contributed by atoms with Crippen molar-refractivity contribution in [3.05, 3.63) is 22.8 Å². The van der Waals surface area contributed by atoms with Gasteiger partial charge in [-0.25, -0.2) is 4.98 Å². The molecule has 0 unspecified atom stereocenters. The van der Waals surface area contributed by atoms with Gasteiger partial charge < -0.3 is 11.1 Å². The molecule has 5 heteroatoms. The van der Waals surface area contributed by atoms with Gasteiger partial charge in [-0.05, 0) is 22.4 Å². The second-order valence-electron chi connectivity index (χ2n) is 2.90. The number of halogens is 1. The van der Waals surface area contributed by atoms with E-state index in [1.807, 2.05) is 0 Å². The molecule has 1 aromatic heterocycles. The largest absolute Gasteiger partial charge is 0.383 e. The number of anilines is 2. The number of aromatic nitrogens is 2. The van der Waals surface area contributed by atoms with Gasteiger partial charge in [0.1, 0.15) is 10.4 Å². The Hall–Kier alpha value is -1.10. The van der Waals surface area contributed by atoms with Crippen LogP contribution in [0.1, 0.15) is 13.3 Å². The van der Waals surface area contributed by atoms with Crippen LogP contribution in [0.3, 0.4) is 0 Å². The molecular formula is C9H13BrN4. The highest BCUT2D eigenvalue weighted by atomic mass is 79.9. The first-order chi connectivity index (χ1) is 6.61. The average Bonchev–Trinajstić information content (AvgIpc) is 2.12. The Morgan fingerprint density at radius 2 is 2.36 bits per heavy atom. The summed E-state index contributed by atoms with van der Waals surface area (Å²) >= 11 is 3.24. The molecule has 0 radical (unpaired) electrons. The molecule has 0 atom stereocenters. The Kier molecular flexibility index (Phi) is 3.88. The van der Waals surface area contributed by atoms with Crippen molar-refractivity contribution in [1.82, 2.24) is 9.97 Å². The van der Waals surface area contributed by atoms with Crippen molar-refractivity contribution in [2.75, 3.05) is 17.6 Å². The molecule has 0 fully saturated rings. The molecule has 0 amide bonds. The molecule has 1 rings (SSSR count). The predicted molar refractivity (Wildman–Crippen MR) is 62.1 cm³/mol. The zero-order valence-electron chi connectivity index (χ0n) is 8.05. The average molecular weight is 257 g/mol. The summed E-state index contributed by atoms with van der Waals surface area (Å²) < 4.78 is 0.676. The maximum absolute atomic E-state index is 5.55. The molecule has 1 aromatic rings. The van der Waals surface area contributed by atoms with E-state index < -0.39 is 0 Å². The van der Waals surface area contributed by atoms with E-state index in [4.69, 9.17) is 5.73 Å². The van der Waals surface area contributed by atoms with Gasteiger partial charge in [-0.3, -0.25) is 0 Å². The summed E-state index contributed by atoms with van der Waals surface area (Å²) in [6.07, 6.45) is 0.941. The van der Waals surface area contributed by atoms with Gasteiger partial charge in [0.2, 0.25) is 5.95 Å². The number of nitrogens with two attached hydrogens (primary N) is 1. The van der Waals surface area contributed by atoms with Crippen molar-refractivity contribution in [2.24, 2.45) is 0 Å². The minimum atomic E-state index is 0.441. The van der Waals surface area contributed by atoms with E-state index in [0.29, 0.717) is 22.9 Å². The summed E-state index contributed by atoms with van der Waals surface area (Å²) in [6, 6.07) is 1.65. The first kappa shape index (κ1) is 11.0. The molecular weight excluding hydrogens is 244 g/mol. The highest BCUT2D eigenvalue weighted by Crippen LogP contribution is 2.12. The third-order valence-corrected chi connectivity index (χ3v) is 2.12. The van der Waals surface area contributed by atoms with Crippen molar-refractivity contribution >= 4 is 27.7 Å². The number of nitrogens with zero attached hydrogens (tertiary/aromatic N) is 2. The second-order valence-corrected chi connectivity index (χ2v) is 3.71. The van der Waals surface area contributed by atoms with Gasteiger partial charge in [-0.15, -0.1) is 0 Å². The van der Waals surface area contributed by atoms with Crippen molar-refractivity contribution in [1.29, 1.82) is 0 Å². The zero-order valence-corrected chi connectivity index (χ0v) is 9.63. The molecule has 76 valence electrons. The number of rotatable bonds is 4. The molecule has 4 nitrogen and oxygen atoms in total. The highest BCUT2D eigenvalue weighted by Gasteiger charge is 1.99. The van der Waals surface area contributed by atoms with Crippen molar-refractivity contribution in [3.63, 3.8) is 0 Å². The van der Waals surface area contributed by atoms with Gasteiger partial charge in [0.15, 0.2) is 0 Å². The monoisotopic (exact) mass is 256 g/mol. The van der Waals surface area contributed by atoms with E-state index in [-0.39, 0.29) is 0 Å². The molecule has 0 spiro atoms. The number of nitrogens with one attached hydrogen (secondary N) is 1. The van der Waals surface area contributed by atoms with Crippen LogP contribution in [-0.2, 0) is 0 Å². The van der Waals surface area contributed by atoms with E-state index in [2.05, 4.69) is 44.7 Å². The minimum Gasteiger partial charge on any atom is -0.383 e. The maximum Gasteiger partial charge on any atom is 0.225 e. The smallest absolute Gasteiger partial charge is 0.225 e. The molecule has 0 saturated carbocycles. The number of hydrogen-bond donors (Lipinski definition) is 2. The lowest BCUT2D eigenvalue weighted by molar-refractivity contribution is 1.02. The Morgan fingerprint density at radius 1 is 1.64 bits per heavy atom. The molecule has 1 heterocycles. The van der Waals surface area contributed by atoms with Crippen LogP contribution in [0.25, 0.3) is 0 Å². The normalized spacial score (nSPS) is 9.86. The van der Waals surface area contributed by atoms with Crippen molar-refractivity contribution in [2.45, 2.75) is 13.3 Å². The lowest BCUT2D eigenvalue weighted by Gasteiger charge is -2.06. The first-order valence-corrected chi connectivity index (χ1v) is 5.11. The van der Waals surface area contributed by atoms with E-state index >= 15 is 0 Å². The van der Waals surface area contributed by atoms with Gasteiger partial charge in [-0.2, -0.15) is 4.98 Å². The fourth-order valence-corrected chi connectivity index (χ4v) is 1.25. The lowest BCUT2D eigenvalue weighted by atomic mass is 10.2. The van der Waals surface area contributed by atoms with Crippen molar-refractivity contribution < 1.29 is 0 Å². The molecule has 0 aliphatic carbocycles. The van der Waals surface area contributed by atoms with E-state index in [0.717, 1.165) is 12.0 Å². The quantitative estimate of drug-likeness (QED) is 0.641. The summed E-state index contributed by atoms with van der Waals surface area (Å²) in [4.78, 5) is 8.14. The Bertz CT molecular complexity index is 317. The van der Waals surface area contributed by atoms with Crippen LogP contribution in [0.15, 0.2) is 22.8 Å². The molecule has 0 aliphatic heterocycles. The van der Waals surface area contributed by atoms with E-state index in [9.17, 15) is 0 Å². The highest BCUT2D eigenvalue weighted by molar-refractivity contribution is 9.10. The van der Waals surface area contributed by atoms with Crippen LogP contribution < -0.4 is 11.1 Å². The molecule has 3 N–H and O–H groups in total. The lowest BCUT2D eigenvalue weighted by Crippen LogP contribution is -2.08. The molecule has 0 aliphatic rings. The topological polar surface area (TPSA) is 63.8 Å². The van der Waals surface area contributed by atoms with Gasteiger partial charge in [0.05, 0.1) is 0 Å². The number of hydrogen-bond acceptors (Lipinski definition) is 4. The first-order valence-electron chi connectivity index (χ1n) is 4.32.